The molecule has 1 fully saturated rings. The maximum Gasteiger partial charge on any atom is 0.253 e. The van der Waals surface area contributed by atoms with Gasteiger partial charge in [0.1, 0.15) is 0 Å². The summed E-state index contributed by atoms with van der Waals surface area (Å²) in [5.74, 6) is -2.57. The summed E-state index contributed by atoms with van der Waals surface area (Å²) in [6.07, 6.45) is 1.91. The van der Waals surface area contributed by atoms with Gasteiger partial charge >= 0.3 is 0 Å². The highest BCUT2D eigenvalue weighted by atomic mass is 19.3. The third-order valence-corrected chi connectivity index (χ3v) is 3.32. The van der Waals surface area contributed by atoms with Crippen molar-refractivity contribution in [3.05, 3.63) is 28.2 Å². The number of aromatic nitrogens is 1. The monoisotopic (exact) mass is 242 g/mol. The van der Waals surface area contributed by atoms with Gasteiger partial charge < -0.3 is 10.3 Å². The lowest BCUT2D eigenvalue weighted by atomic mass is 9.92. The highest BCUT2D eigenvalue weighted by molar-refractivity contribution is 5.37. The van der Waals surface area contributed by atoms with E-state index in [1.807, 2.05) is 0 Å². The summed E-state index contributed by atoms with van der Waals surface area (Å²) < 4.78 is 27.6. The van der Waals surface area contributed by atoms with Crippen LogP contribution in [0.25, 0.3) is 0 Å². The highest BCUT2D eigenvalue weighted by Crippen LogP contribution is 2.37. The van der Waals surface area contributed by atoms with E-state index >= 15 is 0 Å². The van der Waals surface area contributed by atoms with Gasteiger partial charge in [0.2, 0.25) is 5.92 Å². The van der Waals surface area contributed by atoms with Gasteiger partial charge in [-0.15, -0.1) is 0 Å². The van der Waals surface area contributed by atoms with E-state index in [1.54, 1.807) is 19.2 Å². The Kier molecular flexibility index (Phi) is 2.93. The van der Waals surface area contributed by atoms with E-state index < -0.39 is 5.92 Å². The van der Waals surface area contributed by atoms with E-state index in [2.05, 4.69) is 0 Å². The van der Waals surface area contributed by atoms with Gasteiger partial charge in [-0.05, 0) is 25.8 Å². The Bertz CT molecular complexity index is 472. The molecule has 1 saturated carbocycles. The summed E-state index contributed by atoms with van der Waals surface area (Å²) in [4.78, 5) is 11.9. The van der Waals surface area contributed by atoms with Crippen LogP contribution in [0.3, 0.4) is 0 Å². The molecule has 94 valence electrons. The second-order valence-corrected chi connectivity index (χ2v) is 4.76. The molecule has 17 heavy (non-hydrogen) atoms. The number of hydrogen-bond donors (Lipinski definition) is 1. The van der Waals surface area contributed by atoms with Gasteiger partial charge in [0.25, 0.3) is 5.56 Å². The average molecular weight is 242 g/mol. The molecule has 0 saturated heterocycles. The Morgan fingerprint density at radius 1 is 1.41 bits per heavy atom. The molecule has 1 aliphatic rings. The quantitative estimate of drug-likeness (QED) is 0.822. The molecule has 0 atom stereocenters. The average Bonchev–Trinajstić information content (AvgIpc) is 2.24. The maximum absolute atomic E-state index is 13.0. The first kappa shape index (κ1) is 12.1. The molecule has 0 amide bonds. The molecule has 3 nitrogen and oxygen atoms in total. The number of anilines is 1. The number of alkyl halides is 2. The van der Waals surface area contributed by atoms with Gasteiger partial charge in [-0.2, -0.15) is 0 Å². The van der Waals surface area contributed by atoms with Crippen LogP contribution < -0.4 is 11.3 Å². The Morgan fingerprint density at radius 3 is 2.59 bits per heavy atom. The van der Waals surface area contributed by atoms with Crippen molar-refractivity contribution in [2.75, 3.05) is 5.73 Å². The van der Waals surface area contributed by atoms with Crippen molar-refractivity contribution in [2.24, 2.45) is 0 Å². The number of nitrogens with two attached hydrogens (primary N) is 1. The molecule has 0 radical (unpaired) electrons. The number of halogens is 2. The van der Waals surface area contributed by atoms with Gasteiger partial charge in [0.15, 0.2) is 0 Å². The van der Waals surface area contributed by atoms with Gasteiger partial charge in [0, 0.05) is 36.3 Å². The Morgan fingerprint density at radius 2 is 2.00 bits per heavy atom. The van der Waals surface area contributed by atoms with Crippen LogP contribution in [0.5, 0.6) is 0 Å². The number of nitrogens with zero attached hydrogens (tertiary/aromatic N) is 1. The summed E-state index contributed by atoms with van der Waals surface area (Å²) >= 11 is 0. The second-order valence-electron chi connectivity index (χ2n) is 4.76. The van der Waals surface area contributed by atoms with Crippen LogP contribution in [0.2, 0.25) is 0 Å². The molecule has 2 N–H and O–H groups in total. The smallest absolute Gasteiger partial charge is 0.253 e. The molecule has 5 heteroatoms. The largest absolute Gasteiger partial charge is 0.398 e. The Hall–Kier alpha value is -1.39. The van der Waals surface area contributed by atoms with Crippen molar-refractivity contribution in [3.63, 3.8) is 0 Å². The summed E-state index contributed by atoms with van der Waals surface area (Å²) in [5, 5.41) is 0. The van der Waals surface area contributed by atoms with Crippen molar-refractivity contribution < 1.29 is 8.78 Å². The van der Waals surface area contributed by atoms with Crippen molar-refractivity contribution in [1.82, 2.24) is 4.57 Å². The maximum atomic E-state index is 13.0. The molecule has 0 aliphatic heterocycles. The number of aryl methyl sites for hydroxylation is 1. The fourth-order valence-electron chi connectivity index (χ4n) is 2.35. The van der Waals surface area contributed by atoms with E-state index in [9.17, 15) is 13.6 Å². The van der Waals surface area contributed by atoms with Crippen molar-refractivity contribution in [1.29, 1.82) is 0 Å². The lowest BCUT2D eigenvalue weighted by molar-refractivity contribution is -0.0442. The zero-order valence-corrected chi connectivity index (χ0v) is 9.75. The first-order valence-electron chi connectivity index (χ1n) is 5.75. The van der Waals surface area contributed by atoms with Crippen molar-refractivity contribution in [3.8, 4) is 0 Å². The predicted molar refractivity (Wildman–Crippen MR) is 62.3 cm³/mol. The molecule has 2 rings (SSSR count). The fraction of sp³-hybridized carbons (Fsp3) is 0.583. The molecule has 1 heterocycles. The molecule has 1 aromatic heterocycles. The van der Waals surface area contributed by atoms with Crippen LogP contribution >= 0.6 is 0 Å². The minimum Gasteiger partial charge on any atom is -0.398 e. The number of hydrogen-bond acceptors (Lipinski definition) is 2. The SMILES string of the molecule is Cc1cc(N)cn(C2CCC(F)(F)CC2)c1=O. The normalized spacial score (nSPS) is 20.4. The van der Waals surface area contributed by atoms with Crippen molar-refractivity contribution in [2.45, 2.75) is 44.6 Å². The standard InChI is InChI=1S/C12H16F2N2O/c1-8-6-9(15)7-16(11(8)17)10-2-4-12(13,14)5-3-10/h6-7,10H,2-5,15H2,1H3. The van der Waals surface area contributed by atoms with E-state index in [1.165, 1.54) is 4.57 Å². The van der Waals surface area contributed by atoms with Gasteiger partial charge in [-0.25, -0.2) is 8.78 Å². The van der Waals surface area contributed by atoms with Gasteiger partial charge in [0.05, 0.1) is 0 Å². The summed E-state index contributed by atoms with van der Waals surface area (Å²) in [6, 6.07) is 1.46. The predicted octanol–water partition coefficient (Wildman–Crippen LogP) is 2.49. The Labute approximate surface area is 98.2 Å². The van der Waals surface area contributed by atoms with Crippen LogP contribution in [0.4, 0.5) is 14.5 Å². The van der Waals surface area contributed by atoms with E-state index in [0.717, 1.165) is 0 Å². The number of rotatable bonds is 1. The molecule has 1 aliphatic carbocycles. The molecule has 1 aromatic rings. The summed E-state index contributed by atoms with van der Waals surface area (Å²) in [5.41, 5.74) is 6.61. The third kappa shape index (κ3) is 2.48. The van der Waals surface area contributed by atoms with Crippen LogP contribution in [-0.4, -0.2) is 10.5 Å². The van der Waals surface area contributed by atoms with E-state index in [4.69, 9.17) is 5.73 Å². The minimum atomic E-state index is -2.57. The number of pyridine rings is 1. The minimum absolute atomic E-state index is 0.130. The molecule has 0 bridgehead atoms. The fourth-order valence-corrected chi connectivity index (χ4v) is 2.35. The summed E-state index contributed by atoms with van der Waals surface area (Å²) in [6.45, 7) is 1.69. The second kappa shape index (κ2) is 4.13. The Balaban J connectivity index is 2.27. The van der Waals surface area contributed by atoms with Crippen LogP contribution in [0, 0.1) is 6.92 Å². The van der Waals surface area contributed by atoms with Gasteiger partial charge in [-0.1, -0.05) is 0 Å². The zero-order chi connectivity index (χ0) is 12.6. The first-order valence-corrected chi connectivity index (χ1v) is 5.75. The van der Waals surface area contributed by atoms with E-state index in [-0.39, 0.29) is 24.4 Å². The molecule has 0 unspecified atom stereocenters. The molecule has 0 aromatic carbocycles. The lowest BCUT2D eigenvalue weighted by Crippen LogP contribution is -2.32. The molecular formula is C12H16F2N2O. The molecule has 0 spiro atoms. The van der Waals surface area contributed by atoms with E-state index in [0.29, 0.717) is 24.1 Å². The van der Waals surface area contributed by atoms with Gasteiger partial charge in [-0.3, -0.25) is 4.79 Å². The van der Waals surface area contributed by atoms with Crippen LogP contribution in [0.1, 0.15) is 37.3 Å². The summed E-state index contributed by atoms with van der Waals surface area (Å²) in [7, 11) is 0. The molecular weight excluding hydrogens is 226 g/mol. The zero-order valence-electron chi connectivity index (χ0n) is 9.75. The number of nitrogen functional groups attached to an aromatic ring is 1. The van der Waals surface area contributed by atoms with Crippen LogP contribution in [-0.2, 0) is 0 Å². The third-order valence-electron chi connectivity index (χ3n) is 3.32. The lowest BCUT2D eigenvalue weighted by Gasteiger charge is -2.29. The van der Waals surface area contributed by atoms with Crippen molar-refractivity contribution >= 4 is 5.69 Å². The topological polar surface area (TPSA) is 48.0 Å². The highest BCUT2D eigenvalue weighted by Gasteiger charge is 2.35. The first-order chi connectivity index (χ1) is 7.89. The van der Waals surface area contributed by atoms with Crippen LogP contribution in [0.15, 0.2) is 17.1 Å².